The Bertz CT molecular complexity index is 625. The summed E-state index contributed by atoms with van der Waals surface area (Å²) in [6.45, 7) is 3.14. The molecule has 11 heteroatoms. The molecule has 0 spiro atoms. The summed E-state index contributed by atoms with van der Waals surface area (Å²) in [5, 5.41) is 73.8. The molecule has 232 valence electrons. The summed E-state index contributed by atoms with van der Waals surface area (Å²) < 4.78 is 10.9. The molecule has 0 aromatic rings. The first-order valence-electron chi connectivity index (χ1n) is 14.9. The van der Waals surface area contributed by atoms with E-state index in [1.165, 1.54) is 32.1 Å². The number of rotatable bonds is 22. The van der Waals surface area contributed by atoms with Crippen molar-refractivity contribution >= 4 is 5.91 Å². The molecule has 0 saturated carbocycles. The Morgan fingerprint density at radius 1 is 0.795 bits per heavy atom. The van der Waals surface area contributed by atoms with E-state index in [0.29, 0.717) is 19.3 Å². The maximum absolute atomic E-state index is 12.7. The fourth-order valence-electron chi connectivity index (χ4n) is 4.73. The maximum Gasteiger partial charge on any atom is 0.249 e. The number of hydrogen-bond donors (Lipinski definition) is 8. The second kappa shape index (κ2) is 20.9. The Balaban J connectivity index is 2.65. The van der Waals surface area contributed by atoms with Gasteiger partial charge in [0.15, 0.2) is 6.29 Å². The summed E-state index contributed by atoms with van der Waals surface area (Å²) in [6.07, 6.45) is 1.54. The van der Waals surface area contributed by atoms with Gasteiger partial charge in [-0.1, -0.05) is 90.9 Å². The molecule has 1 fully saturated rings. The van der Waals surface area contributed by atoms with Gasteiger partial charge in [0.2, 0.25) is 5.91 Å². The van der Waals surface area contributed by atoms with E-state index < -0.39 is 74.2 Å². The molecule has 39 heavy (non-hydrogen) atoms. The van der Waals surface area contributed by atoms with Crippen molar-refractivity contribution in [2.75, 3.05) is 13.2 Å². The third-order valence-electron chi connectivity index (χ3n) is 7.41. The van der Waals surface area contributed by atoms with Crippen LogP contribution in [0, 0.1) is 0 Å². The highest BCUT2D eigenvalue weighted by molar-refractivity contribution is 5.80. The van der Waals surface area contributed by atoms with E-state index in [0.717, 1.165) is 32.1 Å². The fourth-order valence-corrected chi connectivity index (χ4v) is 4.73. The van der Waals surface area contributed by atoms with E-state index in [4.69, 9.17) is 9.47 Å². The van der Waals surface area contributed by atoms with Crippen LogP contribution in [0.5, 0.6) is 0 Å². The standard InChI is InChI=1S/C28H55NO10/c1-3-5-7-8-9-10-11-12-14-16-21(32)27(37)29-19(23(33)20(31)15-13-6-4-2)18-38-28-26(36)25(35)24(34)22(17-30)39-28/h19-26,28,30-36H,3-18H2,1-2H3,(H,29,37). The summed E-state index contributed by atoms with van der Waals surface area (Å²) in [5.74, 6) is -0.711. The Labute approximate surface area is 233 Å². The first-order valence-corrected chi connectivity index (χ1v) is 14.9. The summed E-state index contributed by atoms with van der Waals surface area (Å²) in [5.41, 5.74) is 0. The molecule has 9 atom stereocenters. The zero-order valence-corrected chi connectivity index (χ0v) is 23.9. The SMILES string of the molecule is CCCCCCCCCCCC(O)C(=O)NC(COC1OC(CO)C(O)C(O)C1O)C(O)C(O)CCCCC. The number of ether oxygens (including phenoxy) is 2. The Morgan fingerprint density at radius 3 is 1.92 bits per heavy atom. The molecule has 1 rings (SSSR count). The van der Waals surface area contributed by atoms with Crippen LogP contribution in [0.2, 0.25) is 0 Å². The molecule has 1 heterocycles. The van der Waals surface area contributed by atoms with Crippen LogP contribution in [-0.2, 0) is 14.3 Å². The quantitative estimate of drug-likeness (QED) is 0.0875. The van der Waals surface area contributed by atoms with Crippen molar-refractivity contribution in [2.24, 2.45) is 0 Å². The number of aliphatic hydroxyl groups is 7. The zero-order valence-electron chi connectivity index (χ0n) is 23.9. The first kappa shape index (κ1) is 36.1. The van der Waals surface area contributed by atoms with E-state index in [-0.39, 0.29) is 6.42 Å². The minimum absolute atomic E-state index is 0.261. The average molecular weight is 566 g/mol. The molecule has 0 radical (unpaired) electrons. The van der Waals surface area contributed by atoms with Crippen LogP contribution in [-0.4, -0.2) is 110 Å². The number of carbonyl (C=O) groups is 1. The predicted octanol–water partition coefficient (Wildman–Crippen LogP) is 0.872. The Hall–Kier alpha value is -0.890. The maximum atomic E-state index is 12.7. The van der Waals surface area contributed by atoms with Gasteiger partial charge in [-0.2, -0.15) is 0 Å². The van der Waals surface area contributed by atoms with Crippen LogP contribution in [0.3, 0.4) is 0 Å². The van der Waals surface area contributed by atoms with Crippen molar-refractivity contribution in [3.63, 3.8) is 0 Å². The monoisotopic (exact) mass is 565 g/mol. The molecular weight excluding hydrogens is 510 g/mol. The van der Waals surface area contributed by atoms with Crippen LogP contribution in [0.1, 0.15) is 104 Å². The number of aliphatic hydroxyl groups excluding tert-OH is 7. The highest BCUT2D eigenvalue weighted by atomic mass is 16.7. The third kappa shape index (κ3) is 13.5. The largest absolute Gasteiger partial charge is 0.394 e. The van der Waals surface area contributed by atoms with E-state index in [9.17, 15) is 40.5 Å². The van der Waals surface area contributed by atoms with Crippen molar-refractivity contribution < 1.29 is 50.0 Å². The smallest absolute Gasteiger partial charge is 0.249 e. The molecule has 9 unspecified atom stereocenters. The van der Waals surface area contributed by atoms with Gasteiger partial charge in [-0.25, -0.2) is 0 Å². The molecule has 0 aromatic carbocycles. The van der Waals surface area contributed by atoms with Crippen molar-refractivity contribution in [1.82, 2.24) is 5.32 Å². The van der Waals surface area contributed by atoms with Gasteiger partial charge in [0.1, 0.15) is 36.6 Å². The predicted molar refractivity (Wildman–Crippen MR) is 146 cm³/mol. The summed E-state index contributed by atoms with van der Waals surface area (Å²) in [6, 6.07) is -1.15. The van der Waals surface area contributed by atoms with Crippen LogP contribution < -0.4 is 5.32 Å². The second-order valence-electron chi connectivity index (χ2n) is 10.8. The number of nitrogens with one attached hydrogen (secondary N) is 1. The van der Waals surface area contributed by atoms with Gasteiger partial charge in [-0.05, 0) is 12.8 Å². The van der Waals surface area contributed by atoms with Gasteiger partial charge < -0.3 is 50.5 Å². The zero-order chi connectivity index (χ0) is 29.2. The Morgan fingerprint density at radius 2 is 1.33 bits per heavy atom. The van der Waals surface area contributed by atoms with Gasteiger partial charge in [-0.15, -0.1) is 0 Å². The van der Waals surface area contributed by atoms with Crippen LogP contribution in [0.25, 0.3) is 0 Å². The number of carbonyl (C=O) groups excluding carboxylic acids is 1. The molecule has 1 saturated heterocycles. The molecule has 0 aromatic heterocycles. The van der Waals surface area contributed by atoms with Gasteiger partial charge in [0.05, 0.1) is 25.4 Å². The normalized spacial score (nSPS) is 26.6. The summed E-state index contributed by atoms with van der Waals surface area (Å²) in [4.78, 5) is 12.7. The molecule has 0 bridgehead atoms. The van der Waals surface area contributed by atoms with Gasteiger partial charge in [0.25, 0.3) is 0 Å². The minimum Gasteiger partial charge on any atom is -0.394 e. The molecule has 8 N–H and O–H groups in total. The lowest BCUT2D eigenvalue weighted by Gasteiger charge is -2.40. The van der Waals surface area contributed by atoms with Crippen LogP contribution in [0.15, 0.2) is 0 Å². The molecule has 11 nitrogen and oxygen atoms in total. The average Bonchev–Trinajstić information content (AvgIpc) is 2.93. The van der Waals surface area contributed by atoms with E-state index in [1.807, 2.05) is 6.92 Å². The molecule has 1 amide bonds. The van der Waals surface area contributed by atoms with E-state index >= 15 is 0 Å². The first-order chi connectivity index (χ1) is 18.7. The number of hydrogen-bond acceptors (Lipinski definition) is 10. The summed E-state index contributed by atoms with van der Waals surface area (Å²) in [7, 11) is 0. The lowest BCUT2D eigenvalue weighted by molar-refractivity contribution is -0.303. The van der Waals surface area contributed by atoms with Gasteiger partial charge in [-0.3, -0.25) is 4.79 Å². The number of amides is 1. The highest BCUT2D eigenvalue weighted by Crippen LogP contribution is 2.23. The van der Waals surface area contributed by atoms with Crippen LogP contribution in [0.4, 0.5) is 0 Å². The molecule has 0 aliphatic carbocycles. The van der Waals surface area contributed by atoms with Crippen molar-refractivity contribution in [2.45, 2.75) is 159 Å². The number of unbranched alkanes of at least 4 members (excludes halogenated alkanes) is 10. The van der Waals surface area contributed by atoms with Gasteiger partial charge >= 0.3 is 0 Å². The summed E-state index contributed by atoms with van der Waals surface area (Å²) >= 11 is 0. The van der Waals surface area contributed by atoms with E-state index in [1.54, 1.807) is 0 Å². The van der Waals surface area contributed by atoms with Crippen molar-refractivity contribution in [3.8, 4) is 0 Å². The van der Waals surface area contributed by atoms with E-state index in [2.05, 4.69) is 12.2 Å². The van der Waals surface area contributed by atoms with Crippen molar-refractivity contribution in [1.29, 1.82) is 0 Å². The lowest BCUT2D eigenvalue weighted by atomic mass is 9.98. The Kier molecular flexibility index (Phi) is 19.4. The van der Waals surface area contributed by atoms with Gasteiger partial charge in [0, 0.05) is 0 Å². The molecule has 1 aliphatic rings. The minimum atomic E-state index is -1.65. The molecule has 1 aliphatic heterocycles. The highest BCUT2D eigenvalue weighted by Gasteiger charge is 2.44. The fraction of sp³-hybridized carbons (Fsp3) is 0.964. The lowest BCUT2D eigenvalue weighted by Crippen LogP contribution is -2.60. The van der Waals surface area contributed by atoms with Crippen LogP contribution >= 0.6 is 0 Å². The second-order valence-corrected chi connectivity index (χ2v) is 10.8. The topological polar surface area (TPSA) is 189 Å². The van der Waals surface area contributed by atoms with Crippen molar-refractivity contribution in [3.05, 3.63) is 0 Å². The molecular formula is C28H55NO10. The third-order valence-corrected chi connectivity index (χ3v) is 7.41.